The van der Waals surface area contributed by atoms with Crippen LogP contribution in [0.5, 0.6) is 0 Å². The van der Waals surface area contributed by atoms with Crippen LogP contribution >= 0.6 is 0 Å². The predicted octanol–water partition coefficient (Wildman–Crippen LogP) is 2.22. The number of aromatic nitrogens is 3. The van der Waals surface area contributed by atoms with Gasteiger partial charge >= 0.3 is 12.2 Å². The van der Waals surface area contributed by atoms with Crippen LogP contribution in [0.3, 0.4) is 0 Å². The Morgan fingerprint density at radius 3 is 2.46 bits per heavy atom. The summed E-state index contributed by atoms with van der Waals surface area (Å²) in [6, 6.07) is 1.58. The molecule has 11 nitrogen and oxygen atoms in total. The Balaban J connectivity index is 1.55. The van der Waals surface area contributed by atoms with Crippen molar-refractivity contribution < 1.29 is 41.2 Å². The molecule has 6 rings (SSSR count). The van der Waals surface area contributed by atoms with Crippen molar-refractivity contribution in [1.82, 2.24) is 25.6 Å². The van der Waals surface area contributed by atoms with Gasteiger partial charge in [-0.2, -0.15) is 18.3 Å². The van der Waals surface area contributed by atoms with Gasteiger partial charge in [-0.15, -0.1) is 0 Å². The number of halogens is 4. The molecule has 2 N–H and O–H groups in total. The van der Waals surface area contributed by atoms with Crippen LogP contribution in [0, 0.1) is 5.41 Å². The number of fused-ring (bicyclic) bond motifs is 5. The molecule has 4 amide bonds. The first kappa shape index (κ1) is 23.4. The summed E-state index contributed by atoms with van der Waals surface area (Å²) in [5.41, 5.74) is -2.33. The number of anilines is 1. The highest BCUT2D eigenvalue weighted by Gasteiger charge is 2.64. The number of hydrogen-bond acceptors (Lipinski definition) is 8. The van der Waals surface area contributed by atoms with E-state index >= 15 is 4.39 Å². The van der Waals surface area contributed by atoms with E-state index in [0.29, 0.717) is 11.3 Å². The van der Waals surface area contributed by atoms with E-state index in [2.05, 4.69) is 20.9 Å². The van der Waals surface area contributed by atoms with Crippen molar-refractivity contribution in [2.75, 3.05) is 4.90 Å². The second-order valence-electron chi connectivity index (χ2n) is 9.28. The third kappa shape index (κ3) is 3.19. The lowest BCUT2D eigenvalue weighted by Crippen LogP contribution is -2.76. The summed E-state index contributed by atoms with van der Waals surface area (Å²) in [4.78, 5) is 39.6. The minimum absolute atomic E-state index is 0.0716. The molecule has 0 bridgehead atoms. The molecule has 37 heavy (non-hydrogen) atoms. The van der Waals surface area contributed by atoms with Gasteiger partial charge in [0.25, 0.3) is 0 Å². The molecule has 3 aromatic rings. The van der Waals surface area contributed by atoms with Gasteiger partial charge in [-0.1, -0.05) is 5.16 Å². The Hall–Kier alpha value is -4.01. The first-order valence-corrected chi connectivity index (χ1v) is 11.2. The Bertz CT molecular complexity index is 1460. The van der Waals surface area contributed by atoms with Crippen LogP contribution in [0.2, 0.25) is 0 Å². The summed E-state index contributed by atoms with van der Waals surface area (Å²) in [6.45, 7) is 3.11. The summed E-state index contributed by atoms with van der Waals surface area (Å²) in [7, 11) is 0. The van der Waals surface area contributed by atoms with Crippen LogP contribution in [0.25, 0.3) is 16.8 Å². The Labute approximate surface area is 204 Å². The number of alkyl halides is 4. The first-order valence-electron chi connectivity index (χ1n) is 11.2. The van der Waals surface area contributed by atoms with E-state index in [4.69, 9.17) is 9.26 Å². The van der Waals surface area contributed by atoms with Crippen LogP contribution in [0.4, 0.5) is 28.0 Å². The van der Waals surface area contributed by atoms with Crippen LogP contribution in [-0.4, -0.2) is 57.3 Å². The molecule has 0 aliphatic carbocycles. The Morgan fingerprint density at radius 1 is 1.11 bits per heavy atom. The summed E-state index contributed by atoms with van der Waals surface area (Å²) in [5, 5.41) is 11.8. The van der Waals surface area contributed by atoms with Crippen molar-refractivity contribution in [3.63, 3.8) is 0 Å². The highest BCUT2D eigenvalue weighted by Crippen LogP contribution is 2.49. The van der Waals surface area contributed by atoms with Crippen molar-refractivity contribution in [2.24, 2.45) is 5.41 Å². The zero-order valence-corrected chi connectivity index (χ0v) is 19.2. The highest BCUT2D eigenvalue weighted by atomic mass is 19.4. The molecular formula is C22H18F4N6O5. The number of barbiturate groups is 1. The molecule has 2 fully saturated rings. The maximum absolute atomic E-state index is 15.7. The quantitative estimate of drug-likeness (QED) is 0.283. The summed E-state index contributed by atoms with van der Waals surface area (Å²) in [6.07, 6.45) is -7.38. The number of ether oxygens (including phenoxy) is 1. The first-order chi connectivity index (χ1) is 17.4. The molecule has 0 saturated carbocycles. The van der Waals surface area contributed by atoms with Gasteiger partial charge in [0.1, 0.15) is 6.10 Å². The van der Waals surface area contributed by atoms with Gasteiger partial charge in [0.15, 0.2) is 23.0 Å². The number of carbonyl (C=O) groups is 3. The van der Waals surface area contributed by atoms with Gasteiger partial charge in [0, 0.05) is 18.0 Å². The lowest BCUT2D eigenvalue weighted by molar-refractivity contribution is -0.159. The van der Waals surface area contributed by atoms with Crippen molar-refractivity contribution in [3.8, 4) is 5.82 Å². The number of nitrogens with one attached hydrogen (secondary N) is 2. The molecule has 15 heteroatoms. The maximum atomic E-state index is 15.7. The molecule has 1 aromatic carbocycles. The second-order valence-corrected chi connectivity index (χ2v) is 9.28. The van der Waals surface area contributed by atoms with E-state index in [-0.39, 0.29) is 23.2 Å². The van der Waals surface area contributed by atoms with Crippen LogP contribution in [-0.2, 0) is 26.9 Å². The van der Waals surface area contributed by atoms with E-state index in [1.165, 1.54) is 24.0 Å². The summed E-state index contributed by atoms with van der Waals surface area (Å²) in [5.74, 6) is -1.89. The lowest BCUT2D eigenvalue weighted by Gasteiger charge is -2.56. The molecule has 1 spiro atoms. The molecule has 3 aliphatic heterocycles. The van der Waals surface area contributed by atoms with Gasteiger partial charge in [0.2, 0.25) is 17.6 Å². The number of hydrogen-bond donors (Lipinski definition) is 2. The standard InChI is InChI=1S/C22H18F4N6O5/c1-8-15-21(18(33)27-20(35)28-19(21)34)7-10-5-11-13(6-12(10)32(15)16(23)9(2)36-8)37-30-17(11)31-4-3-14(29-31)22(24,25)26/h3-6,8-9,15-16H,7H2,1-2H3,(H2,27,28,33,34,35). The normalized spacial score (nSPS) is 27.2. The molecule has 4 unspecified atom stereocenters. The number of imide groups is 2. The predicted molar refractivity (Wildman–Crippen MR) is 115 cm³/mol. The Morgan fingerprint density at radius 2 is 1.81 bits per heavy atom. The van der Waals surface area contributed by atoms with Crippen LogP contribution in [0.15, 0.2) is 28.9 Å². The molecule has 3 aliphatic rings. The highest BCUT2D eigenvalue weighted by molar-refractivity contribution is 6.20. The lowest BCUT2D eigenvalue weighted by atomic mass is 9.66. The molecule has 4 atom stereocenters. The topological polar surface area (TPSA) is 132 Å². The monoisotopic (exact) mass is 522 g/mol. The van der Waals surface area contributed by atoms with Gasteiger partial charge < -0.3 is 14.2 Å². The fourth-order valence-corrected chi connectivity index (χ4v) is 5.55. The van der Waals surface area contributed by atoms with Gasteiger partial charge in [0.05, 0.1) is 17.5 Å². The van der Waals surface area contributed by atoms with Gasteiger partial charge in [-0.25, -0.2) is 13.9 Å². The fourth-order valence-electron chi connectivity index (χ4n) is 5.55. The fraction of sp³-hybridized carbons (Fsp3) is 0.409. The smallest absolute Gasteiger partial charge is 0.368 e. The molecule has 2 aromatic heterocycles. The summed E-state index contributed by atoms with van der Waals surface area (Å²) < 4.78 is 66.9. The van der Waals surface area contributed by atoms with Gasteiger partial charge in [-0.3, -0.25) is 20.2 Å². The van der Waals surface area contributed by atoms with Crippen molar-refractivity contribution in [2.45, 2.75) is 51.0 Å². The van der Waals surface area contributed by atoms with Crippen molar-refractivity contribution >= 4 is 34.5 Å². The maximum Gasteiger partial charge on any atom is 0.435 e. The summed E-state index contributed by atoms with van der Waals surface area (Å²) >= 11 is 0. The zero-order valence-electron chi connectivity index (χ0n) is 19.2. The van der Waals surface area contributed by atoms with Crippen molar-refractivity contribution in [3.05, 3.63) is 35.7 Å². The number of nitrogens with zero attached hydrogens (tertiary/aromatic N) is 4. The Kier molecular flexibility index (Phi) is 4.74. The number of urea groups is 1. The average Bonchev–Trinajstić information content (AvgIpc) is 3.45. The van der Waals surface area contributed by atoms with E-state index in [1.54, 1.807) is 6.92 Å². The third-order valence-electron chi connectivity index (χ3n) is 7.09. The minimum atomic E-state index is -4.68. The molecule has 5 heterocycles. The van der Waals surface area contributed by atoms with Crippen LogP contribution < -0.4 is 15.5 Å². The van der Waals surface area contributed by atoms with E-state index < -0.39 is 59.7 Å². The number of amides is 4. The van der Waals surface area contributed by atoms with Crippen molar-refractivity contribution in [1.29, 1.82) is 0 Å². The van der Waals surface area contributed by atoms with E-state index in [1.807, 2.05) is 0 Å². The number of morpholine rings is 1. The minimum Gasteiger partial charge on any atom is -0.368 e. The number of rotatable bonds is 1. The largest absolute Gasteiger partial charge is 0.435 e. The van der Waals surface area contributed by atoms with Crippen LogP contribution in [0.1, 0.15) is 25.1 Å². The molecular weight excluding hydrogens is 504 g/mol. The van der Waals surface area contributed by atoms with E-state index in [9.17, 15) is 27.6 Å². The molecule has 194 valence electrons. The van der Waals surface area contributed by atoms with Gasteiger partial charge in [-0.05, 0) is 38.0 Å². The zero-order chi connectivity index (χ0) is 26.4. The SMILES string of the molecule is CC1OC(C)C2N(c3cc4onc(-n5ccc(C(F)(F)F)n5)c4cc3CC23C(=O)NC(=O)NC3=O)C1F. The average molecular weight is 522 g/mol. The number of carbonyl (C=O) groups excluding carboxylic acids is 3. The third-order valence-corrected chi connectivity index (χ3v) is 7.09. The second kappa shape index (κ2) is 7.50. The molecule has 2 saturated heterocycles. The molecule has 0 radical (unpaired) electrons. The van der Waals surface area contributed by atoms with E-state index in [0.717, 1.165) is 16.9 Å². The number of benzene rings is 1.